The molecule has 0 bridgehead atoms. The number of nitrogens with zero attached hydrogens (tertiary/aromatic N) is 1. The van der Waals surface area contributed by atoms with Crippen molar-refractivity contribution in [3.63, 3.8) is 0 Å². The number of aromatic amines is 1. The van der Waals surface area contributed by atoms with E-state index in [4.69, 9.17) is 21.7 Å². The van der Waals surface area contributed by atoms with Crippen LogP contribution in [-0.4, -0.2) is 29.9 Å². The van der Waals surface area contributed by atoms with E-state index in [9.17, 15) is 0 Å². The van der Waals surface area contributed by atoms with Crippen molar-refractivity contribution in [1.29, 1.82) is 0 Å². The van der Waals surface area contributed by atoms with E-state index in [0.29, 0.717) is 6.61 Å². The summed E-state index contributed by atoms with van der Waals surface area (Å²) in [4.78, 5) is 3.25. The minimum atomic E-state index is -0.0678. The molecule has 5 heteroatoms. The first-order chi connectivity index (χ1) is 8.65. The van der Waals surface area contributed by atoms with Gasteiger partial charge in [0.05, 0.1) is 24.8 Å². The molecule has 0 amide bonds. The summed E-state index contributed by atoms with van der Waals surface area (Å²) < 4.78 is 13.8. The third-order valence-corrected chi connectivity index (χ3v) is 3.92. The molecule has 1 aromatic carbocycles. The van der Waals surface area contributed by atoms with E-state index >= 15 is 0 Å². The zero-order valence-electron chi connectivity index (χ0n) is 10.5. The normalized spacial score (nSPS) is 23.7. The first-order valence-corrected chi connectivity index (χ1v) is 6.42. The van der Waals surface area contributed by atoms with E-state index in [1.807, 2.05) is 12.1 Å². The lowest BCUT2D eigenvalue weighted by Gasteiger charge is -2.24. The van der Waals surface area contributed by atoms with Crippen LogP contribution in [0.15, 0.2) is 18.2 Å². The Morgan fingerprint density at radius 3 is 3.00 bits per heavy atom. The van der Waals surface area contributed by atoms with Gasteiger partial charge in [0.25, 0.3) is 0 Å². The van der Waals surface area contributed by atoms with Gasteiger partial charge in [0, 0.05) is 6.61 Å². The highest BCUT2D eigenvalue weighted by Crippen LogP contribution is 2.33. The number of benzene rings is 1. The summed E-state index contributed by atoms with van der Waals surface area (Å²) in [6.45, 7) is 3.67. The van der Waals surface area contributed by atoms with Crippen molar-refractivity contribution < 1.29 is 9.47 Å². The van der Waals surface area contributed by atoms with Crippen LogP contribution in [0.5, 0.6) is 5.75 Å². The molecule has 3 rings (SSSR count). The number of hydrogen-bond donors (Lipinski definition) is 1. The molecule has 0 spiro atoms. The van der Waals surface area contributed by atoms with E-state index in [0.717, 1.165) is 34.6 Å². The summed E-state index contributed by atoms with van der Waals surface area (Å²) in [5.41, 5.74) is 1.97. The maximum absolute atomic E-state index is 5.53. The molecular formula is C13H16N2O2S. The predicted octanol–water partition coefficient (Wildman–Crippen LogP) is 2.84. The summed E-state index contributed by atoms with van der Waals surface area (Å²) >= 11 is 5.47. The summed E-state index contributed by atoms with van der Waals surface area (Å²) in [6, 6.07) is 5.98. The van der Waals surface area contributed by atoms with Crippen LogP contribution in [0.4, 0.5) is 0 Å². The molecule has 1 N–H and O–H groups in total. The first-order valence-electron chi connectivity index (χ1n) is 6.02. The van der Waals surface area contributed by atoms with Gasteiger partial charge in [0.2, 0.25) is 0 Å². The molecule has 0 saturated carbocycles. The van der Waals surface area contributed by atoms with Crippen LogP contribution < -0.4 is 4.74 Å². The summed E-state index contributed by atoms with van der Waals surface area (Å²) in [5.74, 6) is 0.819. The number of aromatic nitrogens is 2. The van der Waals surface area contributed by atoms with E-state index in [1.54, 1.807) is 7.11 Å². The Kier molecular flexibility index (Phi) is 2.68. The van der Waals surface area contributed by atoms with Crippen molar-refractivity contribution >= 4 is 23.3 Å². The Morgan fingerprint density at radius 2 is 2.33 bits per heavy atom. The number of methoxy groups -OCH3 is 1. The van der Waals surface area contributed by atoms with E-state index in [1.165, 1.54) is 0 Å². The Bertz CT molecular complexity index is 638. The number of fused-ring (bicyclic) bond motifs is 1. The van der Waals surface area contributed by atoms with Gasteiger partial charge in [0.1, 0.15) is 11.3 Å². The third kappa shape index (κ3) is 1.58. The van der Waals surface area contributed by atoms with Gasteiger partial charge in [-0.05, 0) is 37.7 Å². The number of ether oxygens (including phenoxy) is 2. The van der Waals surface area contributed by atoms with Crippen LogP contribution in [0.1, 0.15) is 13.3 Å². The number of H-pyrrole nitrogens is 1. The Morgan fingerprint density at radius 1 is 1.50 bits per heavy atom. The van der Waals surface area contributed by atoms with Crippen LogP contribution in [-0.2, 0) is 10.3 Å². The highest BCUT2D eigenvalue weighted by Gasteiger charge is 2.33. The number of rotatable bonds is 2. The van der Waals surface area contributed by atoms with Gasteiger partial charge < -0.3 is 19.0 Å². The number of nitrogens with one attached hydrogen (secondary N) is 1. The maximum atomic E-state index is 5.53. The van der Waals surface area contributed by atoms with Gasteiger partial charge in [-0.1, -0.05) is 6.07 Å². The predicted molar refractivity (Wildman–Crippen MR) is 72.8 cm³/mol. The third-order valence-electron chi connectivity index (χ3n) is 3.64. The van der Waals surface area contributed by atoms with Crippen molar-refractivity contribution in [3.8, 4) is 5.75 Å². The van der Waals surface area contributed by atoms with Gasteiger partial charge in [0.15, 0.2) is 4.77 Å². The molecule has 1 aliphatic heterocycles. The molecule has 96 valence electrons. The smallest absolute Gasteiger partial charge is 0.178 e. The summed E-state index contributed by atoms with van der Waals surface area (Å²) in [5, 5.41) is 0. The molecule has 1 aromatic heterocycles. The van der Waals surface area contributed by atoms with Crippen LogP contribution in [0.2, 0.25) is 0 Å². The largest absolute Gasteiger partial charge is 0.494 e. The van der Waals surface area contributed by atoms with Crippen molar-refractivity contribution in [3.05, 3.63) is 23.0 Å². The maximum Gasteiger partial charge on any atom is 0.178 e. The van der Waals surface area contributed by atoms with Gasteiger partial charge in [-0.25, -0.2) is 0 Å². The van der Waals surface area contributed by atoms with Crippen molar-refractivity contribution in [2.45, 2.75) is 18.9 Å². The molecule has 4 nitrogen and oxygen atoms in total. The zero-order chi connectivity index (χ0) is 12.8. The highest BCUT2D eigenvalue weighted by molar-refractivity contribution is 7.71. The molecular weight excluding hydrogens is 248 g/mol. The lowest BCUT2D eigenvalue weighted by molar-refractivity contribution is 0.162. The van der Waals surface area contributed by atoms with Crippen LogP contribution in [0.3, 0.4) is 0 Å². The fourth-order valence-corrected chi connectivity index (χ4v) is 3.06. The molecule has 1 aliphatic rings. The molecule has 2 heterocycles. The second kappa shape index (κ2) is 4.10. The average molecular weight is 264 g/mol. The fourth-order valence-electron chi connectivity index (χ4n) is 2.64. The summed E-state index contributed by atoms with van der Waals surface area (Å²) in [7, 11) is 1.67. The lowest BCUT2D eigenvalue weighted by atomic mass is 10.0. The molecule has 0 aliphatic carbocycles. The highest BCUT2D eigenvalue weighted by atomic mass is 32.1. The SMILES string of the molecule is COc1cccc2c1[nH]c(=S)n2C1(C)CCOC1. The second-order valence-electron chi connectivity index (χ2n) is 4.92. The topological polar surface area (TPSA) is 39.2 Å². The molecule has 18 heavy (non-hydrogen) atoms. The van der Waals surface area contributed by atoms with Gasteiger partial charge in [-0.15, -0.1) is 0 Å². The van der Waals surface area contributed by atoms with Crippen LogP contribution in [0, 0.1) is 4.77 Å². The number of para-hydroxylation sites is 1. The van der Waals surface area contributed by atoms with E-state index in [-0.39, 0.29) is 5.54 Å². The van der Waals surface area contributed by atoms with Gasteiger partial charge >= 0.3 is 0 Å². The van der Waals surface area contributed by atoms with Crippen molar-refractivity contribution in [2.24, 2.45) is 0 Å². The van der Waals surface area contributed by atoms with Gasteiger partial charge in [-0.2, -0.15) is 0 Å². The molecule has 1 atom stereocenters. The molecule has 2 aromatic rings. The van der Waals surface area contributed by atoms with E-state index < -0.39 is 0 Å². The molecule has 0 radical (unpaired) electrons. The lowest BCUT2D eigenvalue weighted by Crippen LogP contribution is -2.30. The first kappa shape index (κ1) is 11.7. The second-order valence-corrected chi connectivity index (χ2v) is 5.31. The molecule has 1 fully saturated rings. The van der Waals surface area contributed by atoms with Crippen molar-refractivity contribution in [1.82, 2.24) is 9.55 Å². The van der Waals surface area contributed by atoms with Crippen molar-refractivity contribution in [2.75, 3.05) is 20.3 Å². The van der Waals surface area contributed by atoms with Crippen LogP contribution in [0.25, 0.3) is 11.0 Å². The number of imidazole rings is 1. The molecule has 1 unspecified atom stereocenters. The monoisotopic (exact) mass is 264 g/mol. The Hall–Kier alpha value is -1.33. The number of hydrogen-bond acceptors (Lipinski definition) is 3. The Labute approximate surface area is 111 Å². The van der Waals surface area contributed by atoms with Crippen LogP contribution >= 0.6 is 12.2 Å². The van der Waals surface area contributed by atoms with E-state index in [2.05, 4.69) is 22.5 Å². The molecule has 1 saturated heterocycles. The quantitative estimate of drug-likeness (QED) is 0.848. The zero-order valence-corrected chi connectivity index (χ0v) is 11.3. The Balaban J connectivity index is 2.30. The van der Waals surface area contributed by atoms with Gasteiger partial charge in [-0.3, -0.25) is 0 Å². The minimum Gasteiger partial charge on any atom is -0.494 e. The minimum absolute atomic E-state index is 0.0678. The average Bonchev–Trinajstić information content (AvgIpc) is 2.92. The summed E-state index contributed by atoms with van der Waals surface area (Å²) in [6.07, 6.45) is 0.978. The standard InChI is InChI=1S/C13H16N2O2S/c1-13(6-7-17-8-13)15-9-4-3-5-10(16-2)11(9)14-12(15)18/h3-5H,6-8H2,1-2H3,(H,14,18). The fraction of sp³-hybridized carbons (Fsp3) is 0.462.